The number of nitrogens with zero attached hydrogens (tertiary/aromatic N) is 4. The molecule has 2 heterocycles. The normalized spacial score (nSPS) is 10.8. The van der Waals surface area contributed by atoms with E-state index in [2.05, 4.69) is 10.1 Å². The van der Waals surface area contributed by atoms with E-state index in [1.165, 1.54) is 7.11 Å². The maximum absolute atomic E-state index is 11.7. The number of hydrogen-bond donors (Lipinski definition) is 1. The fraction of sp³-hybridized carbons (Fsp3) is 0.462. The van der Waals surface area contributed by atoms with Crippen molar-refractivity contribution >= 4 is 11.8 Å². The SMILES string of the molecule is CCc1nc(C(=O)OC)c(N)n1-c1cnn(CCOC)c1. The molecule has 8 nitrogen and oxygen atoms in total. The van der Waals surface area contributed by atoms with E-state index in [4.69, 9.17) is 15.2 Å². The molecule has 0 bridgehead atoms. The summed E-state index contributed by atoms with van der Waals surface area (Å²) in [5.41, 5.74) is 6.91. The molecule has 2 aromatic rings. The van der Waals surface area contributed by atoms with Crippen molar-refractivity contribution in [3.05, 3.63) is 23.9 Å². The summed E-state index contributed by atoms with van der Waals surface area (Å²) >= 11 is 0. The second-order valence-corrected chi connectivity index (χ2v) is 4.40. The topological polar surface area (TPSA) is 97.2 Å². The number of carbonyl (C=O) groups is 1. The molecular weight excluding hydrogens is 274 g/mol. The van der Waals surface area contributed by atoms with Crippen LogP contribution in [0.1, 0.15) is 23.2 Å². The van der Waals surface area contributed by atoms with Gasteiger partial charge in [0.15, 0.2) is 5.69 Å². The summed E-state index contributed by atoms with van der Waals surface area (Å²) in [5.74, 6) is 0.386. The van der Waals surface area contributed by atoms with E-state index < -0.39 is 5.97 Å². The largest absolute Gasteiger partial charge is 0.464 e. The van der Waals surface area contributed by atoms with E-state index in [0.717, 1.165) is 5.69 Å². The molecule has 0 amide bonds. The summed E-state index contributed by atoms with van der Waals surface area (Å²) in [6.45, 7) is 3.14. The Bertz CT molecular complexity index is 632. The lowest BCUT2D eigenvalue weighted by Crippen LogP contribution is -2.08. The summed E-state index contributed by atoms with van der Waals surface area (Å²) in [4.78, 5) is 15.9. The number of nitrogen functional groups attached to an aromatic ring is 1. The first-order chi connectivity index (χ1) is 10.1. The predicted octanol–water partition coefficient (Wildman–Crippen LogP) is 0.646. The fourth-order valence-electron chi connectivity index (χ4n) is 2.03. The maximum Gasteiger partial charge on any atom is 0.360 e. The Morgan fingerprint density at radius 1 is 1.43 bits per heavy atom. The Morgan fingerprint density at radius 2 is 2.19 bits per heavy atom. The Balaban J connectivity index is 2.40. The Morgan fingerprint density at radius 3 is 2.81 bits per heavy atom. The molecule has 21 heavy (non-hydrogen) atoms. The molecule has 8 heteroatoms. The Hall–Kier alpha value is -2.35. The molecule has 0 radical (unpaired) electrons. The zero-order valence-electron chi connectivity index (χ0n) is 12.4. The molecule has 2 aromatic heterocycles. The number of imidazole rings is 1. The van der Waals surface area contributed by atoms with Crippen molar-refractivity contribution in [2.75, 3.05) is 26.6 Å². The molecule has 0 spiro atoms. The molecule has 0 unspecified atom stereocenters. The lowest BCUT2D eigenvalue weighted by atomic mass is 10.4. The zero-order valence-corrected chi connectivity index (χ0v) is 12.4. The van der Waals surface area contributed by atoms with Gasteiger partial charge in [-0.05, 0) is 0 Å². The van der Waals surface area contributed by atoms with Crippen molar-refractivity contribution in [1.82, 2.24) is 19.3 Å². The highest BCUT2D eigenvalue weighted by molar-refractivity contribution is 5.92. The van der Waals surface area contributed by atoms with E-state index in [0.29, 0.717) is 25.4 Å². The molecule has 2 rings (SSSR count). The van der Waals surface area contributed by atoms with Crippen LogP contribution in [-0.4, -0.2) is 46.1 Å². The monoisotopic (exact) mass is 293 g/mol. The third-order valence-corrected chi connectivity index (χ3v) is 3.08. The second kappa shape index (κ2) is 6.40. The van der Waals surface area contributed by atoms with Gasteiger partial charge in [-0.15, -0.1) is 0 Å². The Kier molecular flexibility index (Phi) is 4.59. The van der Waals surface area contributed by atoms with Gasteiger partial charge in [0, 0.05) is 19.7 Å². The zero-order chi connectivity index (χ0) is 15.4. The van der Waals surface area contributed by atoms with E-state index in [1.807, 2.05) is 13.1 Å². The molecule has 0 fully saturated rings. The highest BCUT2D eigenvalue weighted by Crippen LogP contribution is 2.21. The number of nitrogens with two attached hydrogens (primary N) is 1. The minimum absolute atomic E-state index is 0.124. The number of hydrogen-bond acceptors (Lipinski definition) is 6. The van der Waals surface area contributed by atoms with E-state index in [9.17, 15) is 4.79 Å². The van der Waals surface area contributed by atoms with Gasteiger partial charge in [0.05, 0.1) is 32.1 Å². The minimum Gasteiger partial charge on any atom is -0.464 e. The van der Waals surface area contributed by atoms with Crippen molar-refractivity contribution in [1.29, 1.82) is 0 Å². The van der Waals surface area contributed by atoms with E-state index >= 15 is 0 Å². The first-order valence-electron chi connectivity index (χ1n) is 6.59. The average molecular weight is 293 g/mol. The number of esters is 1. The Labute approximate surface area is 122 Å². The van der Waals surface area contributed by atoms with Crippen molar-refractivity contribution in [3.8, 4) is 5.69 Å². The standard InChI is InChI=1S/C13H19N5O3/c1-4-10-16-11(13(19)21-3)12(14)18(10)9-7-15-17(8-9)5-6-20-2/h7-8H,4-6,14H2,1-3H3. The van der Waals surface area contributed by atoms with Crippen LogP contribution in [-0.2, 0) is 22.4 Å². The van der Waals surface area contributed by atoms with Gasteiger partial charge in [0.25, 0.3) is 0 Å². The predicted molar refractivity (Wildman–Crippen MR) is 76.4 cm³/mol. The molecule has 0 aliphatic rings. The van der Waals surface area contributed by atoms with Crippen molar-refractivity contribution in [2.24, 2.45) is 0 Å². The third-order valence-electron chi connectivity index (χ3n) is 3.08. The minimum atomic E-state index is -0.548. The molecule has 0 atom stereocenters. The summed E-state index contributed by atoms with van der Waals surface area (Å²) in [5, 5.41) is 4.24. The van der Waals surface area contributed by atoms with Crippen LogP contribution in [0.25, 0.3) is 5.69 Å². The average Bonchev–Trinajstić information content (AvgIpc) is 3.08. The number of anilines is 1. The van der Waals surface area contributed by atoms with Crippen molar-refractivity contribution < 1.29 is 14.3 Å². The summed E-state index contributed by atoms with van der Waals surface area (Å²) in [7, 11) is 2.94. The van der Waals surface area contributed by atoms with E-state index in [1.54, 1.807) is 22.6 Å². The van der Waals surface area contributed by atoms with Crippen LogP contribution in [0.5, 0.6) is 0 Å². The van der Waals surface area contributed by atoms with Gasteiger partial charge in [0.1, 0.15) is 11.6 Å². The first-order valence-corrected chi connectivity index (χ1v) is 6.59. The lowest BCUT2D eigenvalue weighted by molar-refractivity contribution is 0.0596. The third kappa shape index (κ3) is 2.89. The van der Waals surface area contributed by atoms with Gasteiger partial charge < -0.3 is 15.2 Å². The van der Waals surface area contributed by atoms with Crippen LogP contribution < -0.4 is 5.73 Å². The van der Waals surface area contributed by atoms with Crippen LogP contribution in [0.4, 0.5) is 5.82 Å². The molecule has 0 aromatic carbocycles. The highest BCUT2D eigenvalue weighted by Gasteiger charge is 2.21. The number of aryl methyl sites for hydroxylation is 1. The molecule has 0 aliphatic carbocycles. The molecular formula is C13H19N5O3. The number of aromatic nitrogens is 4. The van der Waals surface area contributed by atoms with E-state index in [-0.39, 0.29) is 11.5 Å². The van der Waals surface area contributed by atoms with Crippen LogP contribution in [0, 0.1) is 0 Å². The van der Waals surface area contributed by atoms with Crippen molar-refractivity contribution in [2.45, 2.75) is 19.9 Å². The molecule has 2 N–H and O–H groups in total. The van der Waals surface area contributed by atoms with Crippen LogP contribution in [0.3, 0.4) is 0 Å². The van der Waals surface area contributed by atoms with Crippen LogP contribution >= 0.6 is 0 Å². The van der Waals surface area contributed by atoms with Crippen LogP contribution in [0.2, 0.25) is 0 Å². The summed E-state index contributed by atoms with van der Waals surface area (Å²) < 4.78 is 13.2. The number of carbonyl (C=O) groups excluding carboxylic acids is 1. The number of methoxy groups -OCH3 is 2. The molecule has 0 saturated heterocycles. The van der Waals surface area contributed by atoms with Gasteiger partial charge in [-0.2, -0.15) is 5.10 Å². The van der Waals surface area contributed by atoms with Gasteiger partial charge in [0.2, 0.25) is 0 Å². The summed E-state index contributed by atoms with van der Waals surface area (Å²) in [6, 6.07) is 0. The molecule has 0 saturated carbocycles. The van der Waals surface area contributed by atoms with Gasteiger partial charge in [-0.25, -0.2) is 9.78 Å². The smallest absolute Gasteiger partial charge is 0.360 e. The molecule has 114 valence electrons. The van der Waals surface area contributed by atoms with Gasteiger partial charge >= 0.3 is 5.97 Å². The molecule has 0 aliphatic heterocycles. The number of ether oxygens (including phenoxy) is 2. The summed E-state index contributed by atoms with van der Waals surface area (Å²) in [6.07, 6.45) is 4.13. The number of rotatable bonds is 6. The van der Waals surface area contributed by atoms with Crippen molar-refractivity contribution in [3.63, 3.8) is 0 Å². The van der Waals surface area contributed by atoms with Crippen LogP contribution in [0.15, 0.2) is 12.4 Å². The maximum atomic E-state index is 11.7. The van der Waals surface area contributed by atoms with Gasteiger partial charge in [-0.3, -0.25) is 9.25 Å². The quantitative estimate of drug-likeness (QED) is 0.785. The lowest BCUT2D eigenvalue weighted by Gasteiger charge is -2.05. The van der Waals surface area contributed by atoms with Gasteiger partial charge in [-0.1, -0.05) is 6.92 Å². The fourth-order valence-corrected chi connectivity index (χ4v) is 2.03. The first kappa shape index (κ1) is 15.0. The highest BCUT2D eigenvalue weighted by atomic mass is 16.5. The second-order valence-electron chi connectivity index (χ2n) is 4.40.